The number of ketones is 1. The van der Waals surface area contributed by atoms with Crippen LogP contribution in [0.2, 0.25) is 0 Å². The number of carbonyl (C=O) groups is 2. The van der Waals surface area contributed by atoms with E-state index in [1.807, 2.05) is 42.5 Å². The Morgan fingerprint density at radius 3 is 2.72 bits per heavy atom. The van der Waals surface area contributed by atoms with Crippen LogP contribution in [0.4, 0.5) is 0 Å². The lowest BCUT2D eigenvalue weighted by molar-refractivity contribution is -0.144. The van der Waals surface area contributed by atoms with Crippen molar-refractivity contribution in [2.45, 2.75) is 18.6 Å². The number of nitrogens with one attached hydrogen (secondary N) is 1. The number of thioether (sulfide) groups is 1. The molecule has 1 aliphatic heterocycles. The highest BCUT2D eigenvalue weighted by molar-refractivity contribution is 7.99. The van der Waals surface area contributed by atoms with Crippen molar-refractivity contribution in [3.63, 3.8) is 0 Å². The molecule has 1 aromatic heterocycles. The zero-order valence-electron chi connectivity index (χ0n) is 18.0. The van der Waals surface area contributed by atoms with E-state index in [1.165, 1.54) is 0 Å². The van der Waals surface area contributed by atoms with Crippen LogP contribution < -0.4 is 4.74 Å². The lowest BCUT2D eigenvalue weighted by Crippen LogP contribution is -2.39. The first-order valence-electron chi connectivity index (χ1n) is 10.5. The average Bonchev–Trinajstić information content (AvgIpc) is 3.40. The second kappa shape index (κ2) is 9.09. The molecule has 1 aliphatic rings. The zero-order valence-corrected chi connectivity index (χ0v) is 18.8. The minimum atomic E-state index is -1.41. The second-order valence-electron chi connectivity index (χ2n) is 7.75. The van der Waals surface area contributed by atoms with Crippen molar-refractivity contribution in [1.29, 1.82) is 5.26 Å². The van der Waals surface area contributed by atoms with Gasteiger partial charge >= 0.3 is 5.97 Å². The summed E-state index contributed by atoms with van der Waals surface area (Å²) < 4.78 is 10.5. The van der Waals surface area contributed by atoms with Crippen molar-refractivity contribution in [2.24, 2.45) is 11.3 Å². The third-order valence-electron chi connectivity index (χ3n) is 6.04. The van der Waals surface area contributed by atoms with Crippen LogP contribution in [-0.2, 0) is 9.53 Å². The molecule has 0 amide bonds. The second-order valence-corrected chi connectivity index (χ2v) is 8.89. The molecule has 0 spiro atoms. The van der Waals surface area contributed by atoms with Crippen LogP contribution in [0.5, 0.6) is 5.75 Å². The molecule has 3 atom stereocenters. The summed E-state index contributed by atoms with van der Waals surface area (Å²) in [6, 6.07) is 17.4. The summed E-state index contributed by atoms with van der Waals surface area (Å²) >= 11 is 1.55. The molecule has 0 aliphatic carbocycles. The summed E-state index contributed by atoms with van der Waals surface area (Å²) in [5.74, 6) is 0.00142. The maximum atomic E-state index is 14.2. The molecule has 6 nitrogen and oxygen atoms in total. The van der Waals surface area contributed by atoms with E-state index in [-0.39, 0.29) is 24.8 Å². The largest absolute Gasteiger partial charge is 0.497 e. The Labute approximate surface area is 190 Å². The van der Waals surface area contributed by atoms with Crippen LogP contribution in [0, 0.1) is 22.7 Å². The van der Waals surface area contributed by atoms with Gasteiger partial charge in [0.25, 0.3) is 0 Å². The van der Waals surface area contributed by atoms with E-state index in [0.717, 1.165) is 11.1 Å². The Hall–Kier alpha value is -3.24. The van der Waals surface area contributed by atoms with Crippen LogP contribution >= 0.6 is 11.8 Å². The fraction of sp³-hybridized carbons (Fsp3) is 0.320. The van der Waals surface area contributed by atoms with Gasteiger partial charge in [0.1, 0.15) is 11.2 Å². The van der Waals surface area contributed by atoms with E-state index in [2.05, 4.69) is 11.1 Å². The number of benzene rings is 2. The van der Waals surface area contributed by atoms with Crippen molar-refractivity contribution in [1.82, 2.24) is 4.98 Å². The number of methoxy groups -OCH3 is 1. The normalized spacial score (nSPS) is 22.4. The molecular formula is C25H24N2O4S. The fourth-order valence-electron chi connectivity index (χ4n) is 4.46. The van der Waals surface area contributed by atoms with Gasteiger partial charge in [-0.1, -0.05) is 30.3 Å². The van der Waals surface area contributed by atoms with Gasteiger partial charge in [0.15, 0.2) is 5.78 Å². The SMILES string of the molecule is CCOC(=O)C[C@@H]1CS[C@@H](c2ccccc2)[C@]1(C#N)C(=O)c1c[nH]c2ccc(OC)cc12. The first kappa shape index (κ1) is 22.0. The predicted molar refractivity (Wildman–Crippen MR) is 124 cm³/mol. The molecule has 2 aromatic carbocycles. The van der Waals surface area contributed by atoms with Gasteiger partial charge in [0.05, 0.1) is 31.5 Å². The standard InChI is InChI=1S/C25H24N2O4S/c1-3-31-22(28)11-17-14-32-24(16-7-5-4-6-8-16)25(17,15-26)23(29)20-13-27-21-10-9-18(30-2)12-19(20)21/h4-10,12-13,17,24,27H,3,11,14H2,1-2H3/t17-,24+,25+/m1/s1. The number of nitriles is 1. The molecule has 4 rings (SSSR count). The maximum Gasteiger partial charge on any atom is 0.306 e. The Bertz CT molecular complexity index is 1180. The minimum Gasteiger partial charge on any atom is -0.497 e. The number of hydrogen-bond acceptors (Lipinski definition) is 6. The highest BCUT2D eigenvalue weighted by Crippen LogP contribution is 2.59. The van der Waals surface area contributed by atoms with Crippen LogP contribution in [0.1, 0.15) is 34.5 Å². The summed E-state index contributed by atoms with van der Waals surface area (Å²) in [6.45, 7) is 2.01. The van der Waals surface area contributed by atoms with Crippen molar-refractivity contribution in [3.05, 3.63) is 65.9 Å². The first-order valence-corrected chi connectivity index (χ1v) is 11.5. The van der Waals surface area contributed by atoms with Gasteiger partial charge in [-0.2, -0.15) is 17.0 Å². The summed E-state index contributed by atoms with van der Waals surface area (Å²) in [5.41, 5.74) is 0.705. The van der Waals surface area contributed by atoms with Crippen LogP contribution in [0.15, 0.2) is 54.7 Å². The van der Waals surface area contributed by atoms with Gasteiger partial charge in [-0.05, 0) is 36.4 Å². The van der Waals surface area contributed by atoms with Crippen LogP contribution in [-0.4, -0.2) is 36.2 Å². The topological polar surface area (TPSA) is 92.2 Å². The van der Waals surface area contributed by atoms with Crippen molar-refractivity contribution < 1.29 is 19.1 Å². The predicted octanol–water partition coefficient (Wildman–Crippen LogP) is 4.93. The summed E-state index contributed by atoms with van der Waals surface area (Å²) in [5, 5.41) is 10.8. The number of rotatable bonds is 7. The quantitative estimate of drug-likeness (QED) is 0.407. The molecule has 1 saturated heterocycles. The molecule has 1 fully saturated rings. The Morgan fingerprint density at radius 2 is 2.03 bits per heavy atom. The number of ether oxygens (including phenoxy) is 2. The average molecular weight is 449 g/mol. The van der Waals surface area contributed by atoms with Crippen molar-refractivity contribution in [2.75, 3.05) is 19.5 Å². The minimum absolute atomic E-state index is 0.0230. The first-order chi connectivity index (χ1) is 15.5. The van der Waals surface area contributed by atoms with E-state index in [0.29, 0.717) is 22.5 Å². The fourth-order valence-corrected chi connectivity index (χ4v) is 6.23. The van der Waals surface area contributed by atoms with E-state index < -0.39 is 16.6 Å². The Kier molecular flexibility index (Phi) is 6.24. The molecule has 32 heavy (non-hydrogen) atoms. The molecule has 1 N–H and O–H groups in total. The van der Waals surface area contributed by atoms with Gasteiger partial charge in [-0.15, -0.1) is 0 Å². The molecule has 2 heterocycles. The third kappa shape index (κ3) is 3.65. The highest BCUT2D eigenvalue weighted by Gasteiger charge is 2.58. The van der Waals surface area contributed by atoms with E-state index in [9.17, 15) is 14.9 Å². The number of carbonyl (C=O) groups excluding carboxylic acids is 2. The van der Waals surface area contributed by atoms with Gasteiger partial charge in [0, 0.05) is 28.6 Å². The number of hydrogen-bond donors (Lipinski definition) is 1. The zero-order chi connectivity index (χ0) is 22.7. The summed E-state index contributed by atoms with van der Waals surface area (Å²) in [4.78, 5) is 29.7. The van der Waals surface area contributed by atoms with Crippen molar-refractivity contribution in [3.8, 4) is 11.8 Å². The molecule has 7 heteroatoms. The molecule has 0 bridgehead atoms. The Morgan fingerprint density at radius 1 is 1.25 bits per heavy atom. The molecule has 0 saturated carbocycles. The van der Waals surface area contributed by atoms with Crippen LogP contribution in [0.3, 0.4) is 0 Å². The lowest BCUT2D eigenvalue weighted by Gasteiger charge is -2.31. The van der Waals surface area contributed by atoms with Crippen LogP contribution in [0.25, 0.3) is 10.9 Å². The maximum absolute atomic E-state index is 14.2. The Balaban J connectivity index is 1.84. The van der Waals surface area contributed by atoms with E-state index in [4.69, 9.17) is 9.47 Å². The molecule has 0 unspecified atom stereocenters. The van der Waals surface area contributed by atoms with E-state index >= 15 is 0 Å². The van der Waals surface area contributed by atoms with Gasteiger partial charge in [0.2, 0.25) is 0 Å². The monoisotopic (exact) mass is 448 g/mol. The molecule has 0 radical (unpaired) electrons. The summed E-state index contributed by atoms with van der Waals surface area (Å²) in [7, 11) is 1.57. The highest BCUT2D eigenvalue weighted by atomic mass is 32.2. The number of esters is 1. The smallest absolute Gasteiger partial charge is 0.306 e. The number of aromatic nitrogens is 1. The molecule has 164 valence electrons. The van der Waals surface area contributed by atoms with Gasteiger partial charge < -0.3 is 14.5 Å². The number of nitrogens with zero attached hydrogens (tertiary/aromatic N) is 1. The number of Topliss-reactive ketones (excluding diaryl/α,β-unsaturated/α-hetero) is 1. The molecule has 3 aromatic rings. The van der Waals surface area contributed by atoms with Gasteiger partial charge in [-0.25, -0.2) is 0 Å². The number of H-pyrrole nitrogens is 1. The number of fused-ring (bicyclic) bond motifs is 1. The van der Waals surface area contributed by atoms with Crippen molar-refractivity contribution >= 4 is 34.4 Å². The number of aromatic amines is 1. The van der Waals surface area contributed by atoms with Gasteiger partial charge in [-0.3, -0.25) is 9.59 Å². The third-order valence-corrected chi connectivity index (χ3v) is 7.61. The summed E-state index contributed by atoms with van der Waals surface area (Å²) in [6.07, 6.45) is 1.67. The lowest BCUT2D eigenvalue weighted by atomic mass is 9.67. The van der Waals surface area contributed by atoms with E-state index in [1.54, 1.807) is 38.1 Å². The molecular weight excluding hydrogens is 424 g/mol.